The first kappa shape index (κ1) is 21.4. The van der Waals surface area contributed by atoms with E-state index in [0.717, 1.165) is 16.8 Å². The number of hydrogen-bond acceptors (Lipinski definition) is 6. The van der Waals surface area contributed by atoms with Gasteiger partial charge in [0.25, 0.3) is 5.91 Å². The highest BCUT2D eigenvalue weighted by Gasteiger charge is 2.24. The summed E-state index contributed by atoms with van der Waals surface area (Å²) in [5.41, 5.74) is 2.54. The number of benzene rings is 2. The third-order valence-electron chi connectivity index (χ3n) is 4.39. The lowest BCUT2D eigenvalue weighted by molar-refractivity contribution is -0.145. The minimum atomic E-state index is -1.04. The number of methoxy groups -OCH3 is 1. The van der Waals surface area contributed by atoms with Gasteiger partial charge in [0.05, 0.1) is 17.7 Å². The number of aryl methyl sites for hydroxylation is 1. The van der Waals surface area contributed by atoms with Gasteiger partial charge in [0.15, 0.2) is 22.8 Å². The van der Waals surface area contributed by atoms with Gasteiger partial charge in [0.1, 0.15) is 0 Å². The summed E-state index contributed by atoms with van der Waals surface area (Å²) in [5, 5.41) is 12.5. The van der Waals surface area contributed by atoms with Crippen LogP contribution < -0.4 is 14.8 Å². The molecule has 0 aromatic heterocycles. The van der Waals surface area contributed by atoms with Crippen LogP contribution >= 0.6 is 11.8 Å². The summed E-state index contributed by atoms with van der Waals surface area (Å²) in [5.74, 6) is -0.547. The molecule has 1 amide bonds. The van der Waals surface area contributed by atoms with E-state index in [1.807, 2.05) is 31.2 Å². The van der Waals surface area contributed by atoms with Gasteiger partial charge in [-0.3, -0.25) is 4.79 Å². The van der Waals surface area contributed by atoms with Crippen LogP contribution in [0.2, 0.25) is 0 Å². The highest BCUT2D eigenvalue weighted by molar-refractivity contribution is 8.18. The molecule has 7 nitrogen and oxygen atoms in total. The van der Waals surface area contributed by atoms with Crippen LogP contribution in [0.1, 0.15) is 24.5 Å². The molecule has 30 heavy (non-hydrogen) atoms. The van der Waals surface area contributed by atoms with Gasteiger partial charge in [0, 0.05) is 0 Å². The molecule has 2 aromatic carbocycles. The predicted octanol–water partition coefficient (Wildman–Crippen LogP) is 4.14. The molecule has 1 atom stereocenters. The topological polar surface area (TPSA) is 97.2 Å². The Bertz CT molecular complexity index is 1030. The minimum Gasteiger partial charge on any atom is -0.493 e. The molecule has 0 bridgehead atoms. The maximum atomic E-state index is 12.3. The van der Waals surface area contributed by atoms with Crippen molar-refractivity contribution in [2.24, 2.45) is 4.99 Å². The van der Waals surface area contributed by atoms with E-state index >= 15 is 0 Å². The summed E-state index contributed by atoms with van der Waals surface area (Å²) in [6, 6.07) is 12.8. The normalized spacial score (nSPS) is 17.1. The molecule has 0 saturated carbocycles. The second-order valence-electron chi connectivity index (χ2n) is 6.53. The monoisotopic (exact) mass is 426 g/mol. The number of thioether (sulfide) groups is 1. The van der Waals surface area contributed by atoms with E-state index < -0.39 is 12.1 Å². The molecule has 156 valence electrons. The van der Waals surface area contributed by atoms with Crippen molar-refractivity contribution >= 4 is 40.6 Å². The Kier molecular flexibility index (Phi) is 6.79. The first-order chi connectivity index (χ1) is 14.4. The van der Waals surface area contributed by atoms with Crippen LogP contribution in [-0.4, -0.2) is 35.4 Å². The fourth-order valence-electron chi connectivity index (χ4n) is 2.76. The number of amides is 1. The molecule has 1 saturated heterocycles. The number of ether oxygens (including phenoxy) is 2. The number of carbonyl (C=O) groups is 2. The minimum absolute atomic E-state index is 0.233. The molecule has 1 aliphatic heterocycles. The van der Waals surface area contributed by atoms with Gasteiger partial charge < -0.3 is 19.9 Å². The van der Waals surface area contributed by atoms with Gasteiger partial charge in [-0.15, -0.1) is 0 Å². The Morgan fingerprint density at radius 1 is 1.27 bits per heavy atom. The van der Waals surface area contributed by atoms with E-state index in [2.05, 4.69) is 10.3 Å². The maximum Gasteiger partial charge on any atom is 0.344 e. The van der Waals surface area contributed by atoms with Gasteiger partial charge in [-0.2, -0.15) is 0 Å². The predicted molar refractivity (Wildman–Crippen MR) is 117 cm³/mol. The Morgan fingerprint density at radius 3 is 2.70 bits per heavy atom. The van der Waals surface area contributed by atoms with Crippen molar-refractivity contribution in [2.45, 2.75) is 26.4 Å². The summed E-state index contributed by atoms with van der Waals surface area (Å²) in [6.07, 6.45) is 1.09. The number of aliphatic carboxylic acids is 1. The molecule has 0 spiro atoms. The Hall–Kier alpha value is -3.26. The number of aliphatic imine (C=N–C) groups is 1. The Morgan fingerprint density at radius 2 is 2.03 bits per heavy atom. The van der Waals surface area contributed by atoms with Crippen molar-refractivity contribution in [3.63, 3.8) is 0 Å². The van der Waals surface area contributed by atoms with Crippen molar-refractivity contribution in [3.05, 3.63) is 58.5 Å². The standard InChI is InChI=1S/C22H22N2O5S/c1-4-16(21(26)27)29-17-10-9-14(11-18(17)28-3)12-19-20(25)24-22(30-19)23-15-8-6-5-7-13(15)2/h5-12,16H,4H2,1-3H3,(H,26,27)(H,23,24,25)/b19-12+. The van der Waals surface area contributed by atoms with Crippen molar-refractivity contribution in [1.82, 2.24) is 5.32 Å². The summed E-state index contributed by atoms with van der Waals surface area (Å²) < 4.78 is 10.9. The second kappa shape index (κ2) is 9.49. The van der Waals surface area contributed by atoms with Crippen LogP contribution in [0.15, 0.2) is 52.4 Å². The maximum absolute atomic E-state index is 12.3. The van der Waals surface area contributed by atoms with Crippen LogP contribution in [0.4, 0.5) is 5.69 Å². The molecule has 0 radical (unpaired) electrons. The van der Waals surface area contributed by atoms with Crippen molar-refractivity contribution in [1.29, 1.82) is 0 Å². The third kappa shape index (κ3) is 5.01. The van der Waals surface area contributed by atoms with Crippen LogP contribution in [0.3, 0.4) is 0 Å². The Labute approximate surface area is 178 Å². The molecule has 2 N–H and O–H groups in total. The average Bonchev–Trinajstić information content (AvgIpc) is 3.07. The molecule has 1 heterocycles. The second-order valence-corrected chi connectivity index (χ2v) is 7.56. The largest absolute Gasteiger partial charge is 0.493 e. The zero-order valence-electron chi connectivity index (χ0n) is 16.8. The number of rotatable bonds is 7. The molecular formula is C22H22N2O5S. The van der Waals surface area contributed by atoms with E-state index in [0.29, 0.717) is 28.0 Å². The average molecular weight is 426 g/mol. The van der Waals surface area contributed by atoms with E-state index in [1.54, 1.807) is 31.2 Å². The van der Waals surface area contributed by atoms with Gasteiger partial charge >= 0.3 is 5.97 Å². The fraction of sp³-hybridized carbons (Fsp3) is 0.227. The molecule has 1 aliphatic rings. The molecule has 1 fully saturated rings. The fourth-order valence-corrected chi connectivity index (χ4v) is 3.60. The lowest BCUT2D eigenvalue weighted by Crippen LogP contribution is -2.26. The molecule has 8 heteroatoms. The van der Waals surface area contributed by atoms with Crippen LogP contribution in [-0.2, 0) is 9.59 Å². The highest BCUT2D eigenvalue weighted by atomic mass is 32.2. The number of hydrogen-bond donors (Lipinski definition) is 2. The van der Waals surface area contributed by atoms with Gasteiger partial charge in [-0.05, 0) is 60.5 Å². The van der Waals surface area contributed by atoms with Gasteiger partial charge in [-0.1, -0.05) is 31.2 Å². The summed E-state index contributed by atoms with van der Waals surface area (Å²) >= 11 is 1.25. The zero-order chi connectivity index (χ0) is 21.7. The summed E-state index contributed by atoms with van der Waals surface area (Å²) in [7, 11) is 1.48. The van der Waals surface area contributed by atoms with E-state index in [1.165, 1.54) is 18.9 Å². The SMILES string of the molecule is CCC(Oc1ccc(/C=C2/SC(=Nc3ccccc3C)NC2=O)cc1OC)C(=O)O. The van der Waals surface area contributed by atoms with Crippen molar-refractivity contribution < 1.29 is 24.2 Å². The summed E-state index contributed by atoms with van der Waals surface area (Å²) in [4.78, 5) is 28.6. The lowest BCUT2D eigenvalue weighted by Gasteiger charge is -2.16. The van der Waals surface area contributed by atoms with Crippen molar-refractivity contribution in [2.75, 3.05) is 7.11 Å². The third-order valence-corrected chi connectivity index (χ3v) is 5.30. The zero-order valence-corrected chi connectivity index (χ0v) is 17.7. The smallest absolute Gasteiger partial charge is 0.344 e. The van der Waals surface area contributed by atoms with Gasteiger partial charge in [-0.25, -0.2) is 9.79 Å². The number of amidine groups is 1. The van der Waals surface area contributed by atoms with Crippen LogP contribution in [0.5, 0.6) is 11.5 Å². The van der Waals surface area contributed by atoms with Gasteiger partial charge in [0.2, 0.25) is 0 Å². The molecule has 0 aliphatic carbocycles. The quantitative estimate of drug-likeness (QED) is 0.646. The van der Waals surface area contributed by atoms with Crippen molar-refractivity contribution in [3.8, 4) is 11.5 Å². The number of carboxylic acid groups (broad SMARTS) is 1. The number of carboxylic acids is 1. The number of carbonyl (C=O) groups excluding carboxylic acids is 1. The first-order valence-electron chi connectivity index (χ1n) is 9.34. The highest BCUT2D eigenvalue weighted by Crippen LogP contribution is 2.33. The van der Waals surface area contributed by atoms with E-state index in [-0.39, 0.29) is 5.91 Å². The van der Waals surface area contributed by atoms with E-state index in [4.69, 9.17) is 9.47 Å². The summed E-state index contributed by atoms with van der Waals surface area (Å²) in [6.45, 7) is 3.69. The number of nitrogens with zero attached hydrogens (tertiary/aromatic N) is 1. The first-order valence-corrected chi connectivity index (χ1v) is 10.2. The number of para-hydroxylation sites is 1. The lowest BCUT2D eigenvalue weighted by atomic mass is 10.1. The van der Waals surface area contributed by atoms with E-state index in [9.17, 15) is 14.7 Å². The number of nitrogens with one attached hydrogen (secondary N) is 1. The molecule has 3 rings (SSSR count). The molecular weight excluding hydrogens is 404 g/mol. The molecule has 2 aromatic rings. The Balaban J connectivity index is 1.82. The van der Waals surface area contributed by atoms with Crippen LogP contribution in [0.25, 0.3) is 6.08 Å². The van der Waals surface area contributed by atoms with Crippen LogP contribution in [0, 0.1) is 6.92 Å². The molecule has 1 unspecified atom stereocenters.